The first-order valence-electron chi connectivity index (χ1n) is 8.17. The molecule has 0 aliphatic carbocycles. The molecule has 1 saturated heterocycles. The van der Waals surface area contributed by atoms with E-state index >= 15 is 0 Å². The third kappa shape index (κ3) is 2.73. The summed E-state index contributed by atoms with van der Waals surface area (Å²) in [6.45, 7) is 4.95. The van der Waals surface area contributed by atoms with E-state index in [1.165, 1.54) is 5.69 Å². The van der Waals surface area contributed by atoms with Gasteiger partial charge in [-0.25, -0.2) is 4.98 Å². The Morgan fingerprint density at radius 1 is 1.04 bits per heavy atom. The number of fused-ring (bicyclic) bond motifs is 1. The molecule has 0 bridgehead atoms. The maximum atomic E-state index is 12.7. The molecule has 5 nitrogen and oxygen atoms in total. The van der Waals surface area contributed by atoms with Gasteiger partial charge in [-0.3, -0.25) is 4.79 Å². The van der Waals surface area contributed by atoms with E-state index in [1.807, 2.05) is 42.2 Å². The molecule has 0 saturated carbocycles. The first-order chi connectivity index (χ1) is 11.7. The number of oxazole rings is 1. The summed E-state index contributed by atoms with van der Waals surface area (Å²) in [6, 6.07) is 15.8. The molecule has 1 amide bonds. The van der Waals surface area contributed by atoms with Crippen molar-refractivity contribution in [2.24, 2.45) is 0 Å². The van der Waals surface area contributed by atoms with Crippen molar-refractivity contribution in [2.45, 2.75) is 6.92 Å². The Kier molecular flexibility index (Phi) is 3.69. The van der Waals surface area contributed by atoms with Crippen LogP contribution in [0.2, 0.25) is 0 Å². The average molecular weight is 321 g/mol. The molecule has 24 heavy (non-hydrogen) atoms. The van der Waals surface area contributed by atoms with Gasteiger partial charge in [0.05, 0.1) is 0 Å². The molecule has 0 N–H and O–H groups in total. The van der Waals surface area contributed by atoms with Gasteiger partial charge in [0.1, 0.15) is 5.52 Å². The molecule has 4 rings (SSSR count). The highest BCUT2D eigenvalue weighted by Gasteiger charge is 2.22. The van der Waals surface area contributed by atoms with Gasteiger partial charge >= 0.3 is 0 Å². The van der Waals surface area contributed by atoms with Crippen molar-refractivity contribution in [3.63, 3.8) is 0 Å². The number of rotatable bonds is 2. The molecule has 0 atom stereocenters. The molecule has 0 radical (unpaired) electrons. The highest BCUT2D eigenvalue weighted by atomic mass is 16.3. The lowest BCUT2D eigenvalue weighted by atomic mass is 10.1. The lowest BCUT2D eigenvalue weighted by Crippen LogP contribution is -2.48. The molecule has 2 aromatic carbocycles. The molecule has 1 fully saturated rings. The summed E-state index contributed by atoms with van der Waals surface area (Å²) in [7, 11) is 0. The van der Waals surface area contributed by atoms with Crippen molar-refractivity contribution in [1.82, 2.24) is 9.88 Å². The fourth-order valence-electron chi connectivity index (χ4n) is 3.16. The van der Waals surface area contributed by atoms with Gasteiger partial charge in [-0.05, 0) is 30.3 Å². The van der Waals surface area contributed by atoms with Crippen molar-refractivity contribution in [2.75, 3.05) is 31.1 Å². The first-order valence-corrected chi connectivity index (χ1v) is 8.17. The van der Waals surface area contributed by atoms with Crippen LogP contribution < -0.4 is 4.90 Å². The van der Waals surface area contributed by atoms with E-state index in [0.29, 0.717) is 17.0 Å². The lowest BCUT2D eigenvalue weighted by Gasteiger charge is -2.36. The fraction of sp³-hybridized carbons (Fsp3) is 0.263. The standard InChI is InChI=1S/C19H19N3O2/c1-14-20-17-8-7-15(13-18(17)24-14)19(23)22-11-9-21(10-12-22)16-5-3-2-4-6-16/h2-8,13H,9-12H2,1H3. The number of nitrogens with zero attached hydrogens (tertiary/aromatic N) is 3. The van der Waals surface area contributed by atoms with E-state index in [9.17, 15) is 4.79 Å². The quantitative estimate of drug-likeness (QED) is 0.728. The van der Waals surface area contributed by atoms with Crippen LogP contribution in [0.25, 0.3) is 11.1 Å². The number of carbonyl (C=O) groups is 1. The largest absolute Gasteiger partial charge is 0.441 e. The number of benzene rings is 2. The monoisotopic (exact) mass is 321 g/mol. The van der Waals surface area contributed by atoms with Crippen LogP contribution in [0.4, 0.5) is 5.69 Å². The first kappa shape index (κ1) is 14.8. The van der Waals surface area contributed by atoms with Gasteiger partial charge in [0.25, 0.3) is 5.91 Å². The zero-order valence-corrected chi connectivity index (χ0v) is 13.6. The third-order valence-corrected chi connectivity index (χ3v) is 4.43. The number of carbonyl (C=O) groups excluding carboxylic acids is 1. The summed E-state index contributed by atoms with van der Waals surface area (Å²) >= 11 is 0. The predicted molar refractivity (Wildman–Crippen MR) is 93.3 cm³/mol. The molecular formula is C19H19N3O2. The molecule has 122 valence electrons. The van der Waals surface area contributed by atoms with Gasteiger partial charge < -0.3 is 14.2 Å². The SMILES string of the molecule is Cc1nc2ccc(C(=O)N3CCN(c4ccccc4)CC3)cc2o1. The second kappa shape index (κ2) is 6.00. The second-order valence-corrected chi connectivity index (χ2v) is 6.03. The summed E-state index contributed by atoms with van der Waals surface area (Å²) in [4.78, 5) is 21.2. The predicted octanol–water partition coefficient (Wildman–Crippen LogP) is 3.10. The number of aromatic nitrogens is 1. The van der Waals surface area contributed by atoms with Gasteiger partial charge in [-0.15, -0.1) is 0 Å². The van der Waals surface area contributed by atoms with Crippen LogP contribution in [0.15, 0.2) is 52.9 Å². The van der Waals surface area contributed by atoms with Crippen molar-refractivity contribution in [3.05, 3.63) is 60.0 Å². The van der Waals surface area contributed by atoms with Crippen LogP contribution in [0.1, 0.15) is 16.2 Å². The maximum Gasteiger partial charge on any atom is 0.254 e. The van der Waals surface area contributed by atoms with E-state index in [2.05, 4.69) is 22.0 Å². The van der Waals surface area contributed by atoms with Gasteiger partial charge in [0.15, 0.2) is 11.5 Å². The minimum absolute atomic E-state index is 0.0543. The summed E-state index contributed by atoms with van der Waals surface area (Å²) in [5, 5.41) is 0. The van der Waals surface area contributed by atoms with Crippen molar-refractivity contribution in [1.29, 1.82) is 0 Å². The van der Waals surface area contributed by atoms with Gasteiger partial charge in [-0.2, -0.15) is 0 Å². The summed E-state index contributed by atoms with van der Waals surface area (Å²) < 4.78 is 5.53. The van der Waals surface area contributed by atoms with E-state index in [4.69, 9.17) is 4.42 Å². The summed E-state index contributed by atoms with van der Waals surface area (Å²) in [6.07, 6.45) is 0. The van der Waals surface area contributed by atoms with Gasteiger partial charge in [-0.1, -0.05) is 18.2 Å². The Bertz CT molecular complexity index is 865. The molecule has 1 aliphatic heterocycles. The smallest absolute Gasteiger partial charge is 0.254 e. The van der Waals surface area contributed by atoms with Gasteiger partial charge in [0.2, 0.25) is 0 Å². The van der Waals surface area contributed by atoms with E-state index in [0.717, 1.165) is 31.7 Å². The van der Waals surface area contributed by atoms with Gasteiger partial charge in [0, 0.05) is 44.4 Å². The number of hydrogen-bond acceptors (Lipinski definition) is 4. The molecule has 5 heteroatoms. The maximum absolute atomic E-state index is 12.7. The van der Waals surface area contributed by atoms with Crippen molar-refractivity contribution >= 4 is 22.7 Å². The normalized spacial score (nSPS) is 15.0. The highest BCUT2D eigenvalue weighted by molar-refractivity contribution is 5.97. The molecule has 0 spiro atoms. The zero-order valence-electron chi connectivity index (χ0n) is 13.6. The fourth-order valence-corrected chi connectivity index (χ4v) is 3.16. The molecule has 2 heterocycles. The Labute approximate surface area is 140 Å². The van der Waals surface area contributed by atoms with Crippen molar-refractivity contribution < 1.29 is 9.21 Å². The topological polar surface area (TPSA) is 49.6 Å². The Morgan fingerprint density at radius 2 is 1.79 bits per heavy atom. The molecule has 1 aromatic heterocycles. The minimum atomic E-state index is 0.0543. The molecule has 1 aliphatic rings. The van der Waals surface area contributed by atoms with E-state index < -0.39 is 0 Å². The summed E-state index contributed by atoms with van der Waals surface area (Å²) in [5.74, 6) is 0.671. The lowest BCUT2D eigenvalue weighted by molar-refractivity contribution is 0.0747. The number of amides is 1. The van der Waals surface area contributed by atoms with Crippen LogP contribution in [0, 0.1) is 6.92 Å². The molecular weight excluding hydrogens is 302 g/mol. The number of para-hydroxylation sites is 1. The Balaban J connectivity index is 1.47. The minimum Gasteiger partial charge on any atom is -0.441 e. The number of aryl methyl sites for hydroxylation is 1. The Hall–Kier alpha value is -2.82. The second-order valence-electron chi connectivity index (χ2n) is 6.03. The highest BCUT2D eigenvalue weighted by Crippen LogP contribution is 2.20. The summed E-state index contributed by atoms with van der Waals surface area (Å²) in [5.41, 5.74) is 3.33. The third-order valence-electron chi connectivity index (χ3n) is 4.43. The number of hydrogen-bond donors (Lipinski definition) is 0. The number of anilines is 1. The Morgan fingerprint density at radius 3 is 2.54 bits per heavy atom. The van der Waals surface area contributed by atoms with Crippen LogP contribution in [0.3, 0.4) is 0 Å². The molecule has 3 aromatic rings. The number of piperazine rings is 1. The molecule has 0 unspecified atom stereocenters. The van der Waals surface area contributed by atoms with E-state index in [1.54, 1.807) is 6.07 Å². The van der Waals surface area contributed by atoms with Crippen molar-refractivity contribution in [3.8, 4) is 0 Å². The van der Waals surface area contributed by atoms with Crippen LogP contribution in [-0.4, -0.2) is 42.0 Å². The zero-order chi connectivity index (χ0) is 16.5. The van der Waals surface area contributed by atoms with Crippen LogP contribution >= 0.6 is 0 Å². The van der Waals surface area contributed by atoms with E-state index in [-0.39, 0.29) is 5.91 Å². The average Bonchev–Trinajstić information content (AvgIpc) is 3.01. The van der Waals surface area contributed by atoms with Crippen LogP contribution in [-0.2, 0) is 0 Å². The van der Waals surface area contributed by atoms with Crippen LogP contribution in [0.5, 0.6) is 0 Å².